The van der Waals surface area contributed by atoms with Crippen molar-refractivity contribution in [2.45, 2.75) is 12.8 Å². The first-order valence-corrected chi connectivity index (χ1v) is 10.5. The minimum Gasteiger partial charge on any atom is -0.350 e. The minimum atomic E-state index is -0.652. The Bertz CT molecular complexity index is 1250. The molecule has 1 fully saturated rings. The van der Waals surface area contributed by atoms with Crippen LogP contribution >= 0.6 is 0 Å². The van der Waals surface area contributed by atoms with E-state index in [0.29, 0.717) is 48.6 Å². The molecular weight excluding hydrogens is 421 g/mol. The van der Waals surface area contributed by atoms with Crippen molar-refractivity contribution >= 4 is 5.95 Å². The summed E-state index contributed by atoms with van der Waals surface area (Å²) < 4.78 is 25.0. The topological polar surface area (TPSA) is 85.0 Å². The average molecular weight is 443 g/mol. The lowest BCUT2D eigenvalue weighted by Crippen LogP contribution is -2.20. The zero-order valence-electron chi connectivity index (χ0n) is 17.8. The van der Waals surface area contributed by atoms with Crippen molar-refractivity contribution in [1.82, 2.24) is 19.9 Å². The van der Waals surface area contributed by atoms with Gasteiger partial charge in [0.1, 0.15) is 5.82 Å². The normalized spacial score (nSPS) is 14.4. The van der Waals surface area contributed by atoms with Crippen molar-refractivity contribution in [3.63, 3.8) is 0 Å². The first-order chi connectivity index (χ1) is 16.2. The van der Waals surface area contributed by atoms with Crippen molar-refractivity contribution in [1.29, 1.82) is 0 Å². The number of H-pyrrole nitrogens is 1. The molecule has 7 nitrogen and oxygen atoms in total. The van der Waals surface area contributed by atoms with Crippen LogP contribution in [-0.4, -0.2) is 33.1 Å². The average Bonchev–Trinajstić information content (AvgIpc) is 3.30. The third-order valence-corrected chi connectivity index (χ3v) is 5.15. The molecule has 2 aromatic heterocycles. The van der Waals surface area contributed by atoms with Crippen LogP contribution in [0.25, 0.3) is 22.6 Å². The third kappa shape index (κ3) is 4.82. The fraction of sp³-hybridized carbons (Fsp3) is 0.160. The van der Waals surface area contributed by atoms with E-state index in [4.69, 9.17) is 14.5 Å². The first-order valence-electron chi connectivity index (χ1n) is 10.5. The van der Waals surface area contributed by atoms with Crippen LogP contribution in [0.3, 0.4) is 0 Å². The monoisotopic (exact) mass is 443 g/mol. The van der Waals surface area contributed by atoms with Gasteiger partial charge < -0.3 is 19.8 Å². The standard InChI is InChI=1S/C25H22FN5O2/c1-16-14-32-24(33-15-16)23-30-21(18-7-9-19(26)10-8-18)22(31-23)20-11-12-27-25(29-20)28-13-17-5-3-2-4-6-17/h2-12,24H,1,13-15H2,(H,30,31)(H,27,28,29). The van der Waals surface area contributed by atoms with Crippen LogP contribution in [0.2, 0.25) is 0 Å². The van der Waals surface area contributed by atoms with E-state index in [1.807, 2.05) is 30.3 Å². The number of ether oxygens (including phenoxy) is 2. The van der Waals surface area contributed by atoms with E-state index in [9.17, 15) is 4.39 Å². The van der Waals surface area contributed by atoms with Crippen LogP contribution in [0.1, 0.15) is 17.7 Å². The fourth-order valence-corrected chi connectivity index (χ4v) is 3.50. The molecule has 1 aliphatic rings. The van der Waals surface area contributed by atoms with E-state index >= 15 is 0 Å². The SMILES string of the molecule is C=C1COC(c2nc(-c3ccc(F)cc3)c(-c3ccnc(NCc4ccccc4)n3)[nH]2)OC1. The molecule has 2 aromatic carbocycles. The number of halogens is 1. The second-order valence-electron chi connectivity index (χ2n) is 7.66. The van der Waals surface area contributed by atoms with E-state index in [2.05, 4.69) is 26.8 Å². The molecule has 2 N–H and O–H groups in total. The third-order valence-electron chi connectivity index (χ3n) is 5.15. The summed E-state index contributed by atoms with van der Waals surface area (Å²) >= 11 is 0. The molecule has 0 spiro atoms. The Morgan fingerprint density at radius 2 is 1.76 bits per heavy atom. The van der Waals surface area contributed by atoms with Crippen LogP contribution in [0, 0.1) is 5.82 Å². The lowest BCUT2D eigenvalue weighted by Gasteiger charge is -2.22. The van der Waals surface area contributed by atoms with Gasteiger partial charge in [-0.2, -0.15) is 0 Å². The Balaban J connectivity index is 1.48. The highest BCUT2D eigenvalue weighted by molar-refractivity contribution is 5.77. The number of nitrogens with zero attached hydrogens (tertiary/aromatic N) is 3. The number of aromatic amines is 1. The number of imidazole rings is 1. The van der Waals surface area contributed by atoms with E-state index in [1.54, 1.807) is 24.4 Å². The molecule has 0 saturated carbocycles. The summed E-state index contributed by atoms with van der Waals surface area (Å²) in [6.45, 7) is 5.26. The highest BCUT2D eigenvalue weighted by atomic mass is 19.1. The summed E-state index contributed by atoms with van der Waals surface area (Å²) in [7, 11) is 0. The Morgan fingerprint density at radius 1 is 1.00 bits per heavy atom. The van der Waals surface area contributed by atoms with Crippen LogP contribution in [-0.2, 0) is 16.0 Å². The highest BCUT2D eigenvalue weighted by Crippen LogP contribution is 2.33. The van der Waals surface area contributed by atoms with Gasteiger partial charge in [-0.15, -0.1) is 0 Å². The van der Waals surface area contributed by atoms with Crippen LogP contribution < -0.4 is 5.32 Å². The molecule has 5 rings (SSSR count). The van der Waals surface area contributed by atoms with Crippen molar-refractivity contribution in [2.24, 2.45) is 0 Å². The number of aromatic nitrogens is 4. The number of nitrogens with one attached hydrogen (secondary N) is 2. The molecule has 0 bridgehead atoms. The van der Waals surface area contributed by atoms with Crippen LogP contribution in [0.15, 0.2) is 79.0 Å². The Hall–Kier alpha value is -3.88. The summed E-state index contributed by atoms with van der Waals surface area (Å²) in [5.74, 6) is 0.677. The predicted octanol–water partition coefficient (Wildman–Crippen LogP) is 4.89. The fourth-order valence-electron chi connectivity index (χ4n) is 3.50. The smallest absolute Gasteiger partial charge is 0.223 e. The Labute approximate surface area is 190 Å². The van der Waals surface area contributed by atoms with Crippen molar-refractivity contribution in [3.05, 3.63) is 96.2 Å². The highest BCUT2D eigenvalue weighted by Gasteiger charge is 2.25. The van der Waals surface area contributed by atoms with Crippen molar-refractivity contribution in [2.75, 3.05) is 18.5 Å². The zero-order chi connectivity index (χ0) is 22.6. The number of hydrogen-bond donors (Lipinski definition) is 2. The quantitative estimate of drug-likeness (QED) is 0.413. The molecule has 8 heteroatoms. The van der Waals surface area contributed by atoms with Gasteiger partial charge in [0, 0.05) is 18.3 Å². The molecule has 0 unspecified atom stereocenters. The minimum absolute atomic E-state index is 0.317. The zero-order valence-corrected chi connectivity index (χ0v) is 17.8. The molecule has 4 aromatic rings. The van der Waals surface area contributed by atoms with Gasteiger partial charge >= 0.3 is 0 Å². The van der Waals surface area contributed by atoms with Crippen molar-refractivity contribution < 1.29 is 13.9 Å². The van der Waals surface area contributed by atoms with Gasteiger partial charge in [0.05, 0.1) is 30.3 Å². The molecule has 0 amide bonds. The summed E-state index contributed by atoms with van der Waals surface area (Å²) in [6, 6.07) is 18.0. The van der Waals surface area contributed by atoms with Gasteiger partial charge in [0.25, 0.3) is 0 Å². The van der Waals surface area contributed by atoms with Gasteiger partial charge in [-0.1, -0.05) is 36.9 Å². The van der Waals surface area contributed by atoms with E-state index < -0.39 is 6.29 Å². The molecule has 1 saturated heterocycles. The van der Waals surface area contributed by atoms with E-state index in [0.717, 1.165) is 16.7 Å². The summed E-state index contributed by atoms with van der Waals surface area (Å²) in [4.78, 5) is 17.0. The predicted molar refractivity (Wildman–Crippen MR) is 123 cm³/mol. The lowest BCUT2D eigenvalue weighted by molar-refractivity contribution is -0.165. The van der Waals surface area contributed by atoms with Gasteiger partial charge in [-0.3, -0.25) is 0 Å². The molecule has 33 heavy (non-hydrogen) atoms. The summed E-state index contributed by atoms with van der Waals surface area (Å²) in [5, 5.41) is 3.25. The van der Waals surface area contributed by atoms with Crippen molar-refractivity contribution in [3.8, 4) is 22.6 Å². The maximum absolute atomic E-state index is 13.5. The van der Waals surface area contributed by atoms with Gasteiger partial charge in [0.15, 0.2) is 5.82 Å². The van der Waals surface area contributed by atoms with Crippen LogP contribution in [0.4, 0.5) is 10.3 Å². The molecule has 0 aliphatic carbocycles. The van der Waals surface area contributed by atoms with Crippen LogP contribution in [0.5, 0.6) is 0 Å². The summed E-state index contributed by atoms with van der Waals surface area (Å²) in [6.07, 6.45) is 1.03. The second-order valence-corrected chi connectivity index (χ2v) is 7.66. The number of benzene rings is 2. The van der Waals surface area contributed by atoms with Gasteiger partial charge in [-0.05, 0) is 41.5 Å². The number of anilines is 1. The molecule has 166 valence electrons. The largest absolute Gasteiger partial charge is 0.350 e. The Kier molecular flexibility index (Phi) is 5.93. The van der Waals surface area contributed by atoms with E-state index in [-0.39, 0.29) is 5.82 Å². The second kappa shape index (κ2) is 9.32. The molecule has 0 atom stereocenters. The lowest BCUT2D eigenvalue weighted by atomic mass is 10.1. The first kappa shape index (κ1) is 21.0. The number of rotatable bonds is 6. The molecule has 0 radical (unpaired) electrons. The van der Waals surface area contributed by atoms with Gasteiger partial charge in [-0.25, -0.2) is 19.3 Å². The van der Waals surface area contributed by atoms with E-state index in [1.165, 1.54) is 12.1 Å². The molecule has 3 heterocycles. The number of hydrogen-bond acceptors (Lipinski definition) is 6. The maximum atomic E-state index is 13.5. The Morgan fingerprint density at radius 3 is 2.52 bits per heavy atom. The molecule has 1 aliphatic heterocycles. The molecular formula is C25H22FN5O2. The van der Waals surface area contributed by atoms with Gasteiger partial charge in [0.2, 0.25) is 12.2 Å². The maximum Gasteiger partial charge on any atom is 0.223 e. The summed E-state index contributed by atoms with van der Waals surface area (Å²) in [5.41, 5.74) is 4.65.